The van der Waals surface area contributed by atoms with Crippen LogP contribution in [0.3, 0.4) is 0 Å². The number of benzene rings is 1. The highest BCUT2D eigenvalue weighted by Gasteiger charge is 2.15. The highest BCUT2D eigenvalue weighted by atomic mass is 79.9. The van der Waals surface area contributed by atoms with Crippen LogP contribution in [-0.4, -0.2) is 22.4 Å². The third-order valence-corrected chi connectivity index (χ3v) is 4.04. The van der Waals surface area contributed by atoms with Gasteiger partial charge in [-0.2, -0.15) is 0 Å². The van der Waals surface area contributed by atoms with E-state index in [1.165, 1.54) is 19.3 Å². The van der Waals surface area contributed by atoms with Crippen LogP contribution in [0.5, 0.6) is 0 Å². The molecule has 0 spiro atoms. The van der Waals surface area contributed by atoms with Gasteiger partial charge in [0.2, 0.25) is 0 Å². The van der Waals surface area contributed by atoms with Gasteiger partial charge in [0.1, 0.15) is 0 Å². The van der Waals surface area contributed by atoms with Gasteiger partial charge in [0, 0.05) is 18.7 Å². The molecule has 0 aliphatic rings. The van der Waals surface area contributed by atoms with Crippen molar-refractivity contribution >= 4 is 21.6 Å². The third kappa shape index (κ3) is 5.21. The molecule has 1 rings (SSSR count). The van der Waals surface area contributed by atoms with Crippen molar-refractivity contribution in [2.45, 2.75) is 52.6 Å². The van der Waals surface area contributed by atoms with E-state index in [2.05, 4.69) is 41.6 Å². The fourth-order valence-electron chi connectivity index (χ4n) is 2.12. The maximum Gasteiger partial charge on any atom is 0.283 e. The lowest BCUT2D eigenvalue weighted by molar-refractivity contribution is -0.385. The minimum Gasteiger partial charge on any atom is -0.297 e. The SMILES string of the molecule is CCCCCN(Cc1ccc(Br)c([N+](=O)[O-])c1)C(C)C. The van der Waals surface area contributed by atoms with Gasteiger partial charge in [0.15, 0.2) is 0 Å². The Hall–Kier alpha value is -0.940. The summed E-state index contributed by atoms with van der Waals surface area (Å²) in [6.07, 6.45) is 3.60. The van der Waals surface area contributed by atoms with Gasteiger partial charge in [0.25, 0.3) is 5.69 Å². The first-order valence-electron chi connectivity index (χ1n) is 7.12. The zero-order valence-corrected chi connectivity index (χ0v) is 14.0. The van der Waals surface area contributed by atoms with Crippen LogP contribution in [0, 0.1) is 10.1 Å². The molecule has 0 saturated carbocycles. The molecule has 0 unspecified atom stereocenters. The Morgan fingerprint density at radius 1 is 1.35 bits per heavy atom. The van der Waals surface area contributed by atoms with Crippen LogP contribution < -0.4 is 0 Å². The van der Waals surface area contributed by atoms with E-state index in [1.807, 2.05) is 6.07 Å². The smallest absolute Gasteiger partial charge is 0.283 e. The number of nitro benzene ring substituents is 1. The number of rotatable bonds is 8. The number of unbranched alkanes of at least 4 members (excludes halogenated alkanes) is 2. The number of nitrogens with zero attached hydrogens (tertiary/aromatic N) is 2. The van der Waals surface area contributed by atoms with E-state index in [-0.39, 0.29) is 10.6 Å². The van der Waals surface area contributed by atoms with E-state index in [1.54, 1.807) is 12.1 Å². The van der Waals surface area contributed by atoms with Gasteiger partial charge in [-0.05, 0) is 54.4 Å². The van der Waals surface area contributed by atoms with Crippen molar-refractivity contribution in [1.29, 1.82) is 0 Å². The van der Waals surface area contributed by atoms with Crippen LogP contribution in [0.25, 0.3) is 0 Å². The second-order valence-corrected chi connectivity index (χ2v) is 6.17. The summed E-state index contributed by atoms with van der Waals surface area (Å²) in [6.45, 7) is 8.32. The molecule has 0 aromatic heterocycles. The van der Waals surface area contributed by atoms with E-state index in [0.29, 0.717) is 10.5 Å². The third-order valence-electron chi connectivity index (χ3n) is 3.37. The average Bonchev–Trinajstić information content (AvgIpc) is 2.39. The molecule has 0 fully saturated rings. The Balaban J connectivity index is 2.78. The van der Waals surface area contributed by atoms with E-state index in [0.717, 1.165) is 18.7 Å². The molecule has 0 aliphatic heterocycles. The molecular weight excluding hydrogens is 320 g/mol. The summed E-state index contributed by atoms with van der Waals surface area (Å²) in [5.41, 5.74) is 1.13. The Morgan fingerprint density at radius 2 is 2.05 bits per heavy atom. The second-order valence-electron chi connectivity index (χ2n) is 5.31. The topological polar surface area (TPSA) is 46.4 Å². The summed E-state index contributed by atoms with van der Waals surface area (Å²) < 4.78 is 0.535. The van der Waals surface area contributed by atoms with Gasteiger partial charge < -0.3 is 0 Å². The Morgan fingerprint density at radius 3 is 2.60 bits per heavy atom. The van der Waals surface area contributed by atoms with Crippen molar-refractivity contribution in [2.24, 2.45) is 0 Å². The maximum absolute atomic E-state index is 11.0. The lowest BCUT2D eigenvalue weighted by Gasteiger charge is -2.26. The molecule has 0 radical (unpaired) electrons. The average molecular weight is 343 g/mol. The summed E-state index contributed by atoms with van der Waals surface area (Å²) in [6, 6.07) is 5.82. The van der Waals surface area contributed by atoms with E-state index in [4.69, 9.17) is 0 Å². The molecule has 5 heteroatoms. The fourth-order valence-corrected chi connectivity index (χ4v) is 2.51. The summed E-state index contributed by atoms with van der Waals surface area (Å²) in [5, 5.41) is 11.0. The van der Waals surface area contributed by atoms with Crippen molar-refractivity contribution in [1.82, 2.24) is 4.90 Å². The quantitative estimate of drug-likeness (QED) is 0.388. The van der Waals surface area contributed by atoms with Crippen molar-refractivity contribution in [3.63, 3.8) is 0 Å². The van der Waals surface area contributed by atoms with E-state index in [9.17, 15) is 10.1 Å². The molecule has 112 valence electrons. The number of halogens is 1. The molecule has 0 atom stereocenters. The molecule has 0 amide bonds. The lowest BCUT2D eigenvalue weighted by Crippen LogP contribution is -2.31. The normalized spacial score (nSPS) is 11.3. The summed E-state index contributed by atoms with van der Waals surface area (Å²) >= 11 is 3.22. The number of nitro groups is 1. The van der Waals surface area contributed by atoms with Crippen molar-refractivity contribution in [2.75, 3.05) is 6.54 Å². The van der Waals surface area contributed by atoms with Crippen LogP contribution >= 0.6 is 15.9 Å². The van der Waals surface area contributed by atoms with Crippen LogP contribution in [0.15, 0.2) is 22.7 Å². The van der Waals surface area contributed by atoms with Crippen LogP contribution in [0.2, 0.25) is 0 Å². The van der Waals surface area contributed by atoms with Crippen LogP contribution in [0.1, 0.15) is 45.6 Å². The molecule has 0 aliphatic carbocycles. The number of hydrogen-bond donors (Lipinski definition) is 0. The largest absolute Gasteiger partial charge is 0.297 e. The van der Waals surface area contributed by atoms with Crippen molar-refractivity contribution < 1.29 is 4.92 Å². The molecule has 4 nitrogen and oxygen atoms in total. The van der Waals surface area contributed by atoms with Crippen molar-refractivity contribution in [3.05, 3.63) is 38.3 Å². The number of hydrogen-bond acceptors (Lipinski definition) is 3. The lowest BCUT2D eigenvalue weighted by atomic mass is 10.1. The van der Waals surface area contributed by atoms with Gasteiger partial charge in [-0.25, -0.2) is 0 Å². The Kier molecular flexibility index (Phi) is 7.16. The van der Waals surface area contributed by atoms with Crippen molar-refractivity contribution in [3.8, 4) is 0 Å². The minimum atomic E-state index is -0.343. The summed E-state index contributed by atoms with van der Waals surface area (Å²) in [7, 11) is 0. The highest BCUT2D eigenvalue weighted by Crippen LogP contribution is 2.26. The molecule has 0 bridgehead atoms. The van der Waals surface area contributed by atoms with Gasteiger partial charge >= 0.3 is 0 Å². The van der Waals surface area contributed by atoms with Gasteiger partial charge in [0.05, 0.1) is 9.40 Å². The minimum absolute atomic E-state index is 0.139. The molecule has 20 heavy (non-hydrogen) atoms. The summed E-state index contributed by atoms with van der Waals surface area (Å²) in [4.78, 5) is 13.0. The fraction of sp³-hybridized carbons (Fsp3) is 0.600. The molecule has 0 heterocycles. The zero-order chi connectivity index (χ0) is 15.1. The monoisotopic (exact) mass is 342 g/mol. The first-order chi connectivity index (χ1) is 9.45. The zero-order valence-electron chi connectivity index (χ0n) is 12.4. The van der Waals surface area contributed by atoms with Crippen LogP contribution in [0.4, 0.5) is 5.69 Å². The van der Waals surface area contributed by atoms with Gasteiger partial charge in [-0.3, -0.25) is 15.0 Å². The predicted molar refractivity (Wildman–Crippen MR) is 85.9 cm³/mol. The Bertz CT molecular complexity index is 449. The van der Waals surface area contributed by atoms with E-state index >= 15 is 0 Å². The molecule has 1 aromatic rings. The van der Waals surface area contributed by atoms with E-state index < -0.39 is 0 Å². The first kappa shape index (κ1) is 17.1. The summed E-state index contributed by atoms with van der Waals surface area (Å²) in [5.74, 6) is 0. The standard InChI is InChI=1S/C15H23BrN2O2/c1-4-5-6-9-17(12(2)3)11-13-7-8-14(16)15(10-13)18(19)20/h7-8,10,12H,4-6,9,11H2,1-3H3. The molecular formula is C15H23BrN2O2. The van der Waals surface area contributed by atoms with Crippen LogP contribution in [-0.2, 0) is 6.54 Å². The van der Waals surface area contributed by atoms with Gasteiger partial charge in [-0.15, -0.1) is 0 Å². The maximum atomic E-state index is 11.0. The highest BCUT2D eigenvalue weighted by molar-refractivity contribution is 9.10. The molecule has 0 saturated heterocycles. The predicted octanol–water partition coefficient (Wildman–Crippen LogP) is 4.76. The molecule has 0 N–H and O–H groups in total. The van der Waals surface area contributed by atoms with Gasteiger partial charge in [-0.1, -0.05) is 25.8 Å². The first-order valence-corrected chi connectivity index (χ1v) is 7.91. The Labute approximate surface area is 129 Å². The molecule has 1 aromatic carbocycles. The second kappa shape index (κ2) is 8.37.